The van der Waals surface area contributed by atoms with E-state index in [9.17, 15) is 16.8 Å². The van der Waals surface area contributed by atoms with Gasteiger partial charge in [0.15, 0.2) is 9.84 Å². The van der Waals surface area contributed by atoms with Crippen molar-refractivity contribution in [1.82, 2.24) is 0 Å². The van der Waals surface area contributed by atoms with E-state index in [1.54, 1.807) is 24.3 Å². The molecular formula is C17H14ClNO4S2. The summed E-state index contributed by atoms with van der Waals surface area (Å²) in [7, 11) is -7.63. The fourth-order valence-electron chi connectivity index (χ4n) is 2.43. The Hall–Kier alpha value is -2.09. The molecule has 0 heterocycles. The molecule has 0 aliphatic rings. The van der Waals surface area contributed by atoms with Crippen molar-refractivity contribution in [1.29, 1.82) is 0 Å². The van der Waals surface area contributed by atoms with Crippen molar-refractivity contribution in [2.45, 2.75) is 9.79 Å². The molecule has 0 bridgehead atoms. The number of benzene rings is 3. The van der Waals surface area contributed by atoms with E-state index >= 15 is 0 Å². The van der Waals surface area contributed by atoms with E-state index in [-0.39, 0.29) is 14.8 Å². The summed E-state index contributed by atoms with van der Waals surface area (Å²) in [4.78, 5) is -0.403. The van der Waals surface area contributed by atoms with Crippen molar-refractivity contribution in [2.24, 2.45) is 0 Å². The van der Waals surface area contributed by atoms with Crippen LogP contribution >= 0.6 is 11.6 Å². The summed E-state index contributed by atoms with van der Waals surface area (Å²) < 4.78 is 51.4. The molecule has 0 aliphatic heterocycles. The summed E-state index contributed by atoms with van der Waals surface area (Å²) in [5.74, 6) is 0. The van der Waals surface area contributed by atoms with Gasteiger partial charge in [0.2, 0.25) is 0 Å². The van der Waals surface area contributed by atoms with Crippen LogP contribution in [0.2, 0.25) is 5.02 Å². The van der Waals surface area contributed by atoms with E-state index in [4.69, 9.17) is 11.6 Å². The average Bonchev–Trinajstić information content (AvgIpc) is 2.54. The molecule has 0 unspecified atom stereocenters. The second-order valence-electron chi connectivity index (χ2n) is 5.50. The van der Waals surface area contributed by atoms with E-state index in [0.717, 1.165) is 23.1 Å². The van der Waals surface area contributed by atoms with Gasteiger partial charge in [-0.15, -0.1) is 0 Å². The fraction of sp³-hybridized carbons (Fsp3) is 0.0588. The van der Waals surface area contributed by atoms with Gasteiger partial charge in [-0.05, 0) is 29.7 Å². The second kappa shape index (κ2) is 6.33. The molecule has 130 valence electrons. The van der Waals surface area contributed by atoms with Crippen LogP contribution in [0.25, 0.3) is 10.8 Å². The van der Waals surface area contributed by atoms with Gasteiger partial charge in [-0.3, -0.25) is 4.72 Å². The number of sulfonamides is 1. The van der Waals surface area contributed by atoms with Gasteiger partial charge in [-0.1, -0.05) is 48.0 Å². The first-order valence-corrected chi connectivity index (χ1v) is 10.9. The first-order valence-electron chi connectivity index (χ1n) is 7.19. The maximum Gasteiger partial charge on any atom is 0.263 e. The molecule has 0 amide bonds. The molecule has 0 saturated carbocycles. The lowest BCUT2D eigenvalue weighted by atomic mass is 10.1. The van der Waals surface area contributed by atoms with Crippen molar-refractivity contribution < 1.29 is 16.8 Å². The Kier molecular flexibility index (Phi) is 4.49. The fourth-order valence-corrected chi connectivity index (χ4v) is 4.76. The zero-order valence-electron chi connectivity index (χ0n) is 13.1. The molecular weight excluding hydrogens is 382 g/mol. The Morgan fingerprint density at radius 3 is 2.28 bits per heavy atom. The van der Waals surface area contributed by atoms with Gasteiger partial charge in [0, 0.05) is 11.6 Å². The van der Waals surface area contributed by atoms with E-state index in [0.29, 0.717) is 5.69 Å². The molecule has 3 rings (SSSR count). The van der Waals surface area contributed by atoms with Crippen molar-refractivity contribution in [3.8, 4) is 0 Å². The number of nitrogens with one attached hydrogen (secondary N) is 1. The lowest BCUT2D eigenvalue weighted by Crippen LogP contribution is -2.14. The Morgan fingerprint density at radius 2 is 1.56 bits per heavy atom. The van der Waals surface area contributed by atoms with E-state index in [2.05, 4.69) is 4.72 Å². The van der Waals surface area contributed by atoms with Gasteiger partial charge in [0.05, 0.1) is 15.6 Å². The van der Waals surface area contributed by atoms with Gasteiger partial charge in [-0.25, -0.2) is 16.8 Å². The summed E-state index contributed by atoms with van der Waals surface area (Å²) in [6, 6.07) is 16.1. The summed E-state index contributed by atoms with van der Waals surface area (Å²) in [5.41, 5.74) is 0.388. The molecule has 0 fully saturated rings. The average molecular weight is 396 g/mol. The Labute approximate surface area is 151 Å². The highest BCUT2D eigenvalue weighted by Gasteiger charge is 2.21. The van der Waals surface area contributed by atoms with Crippen LogP contribution in [0.15, 0.2) is 70.5 Å². The number of sulfone groups is 1. The normalized spacial score (nSPS) is 12.2. The maximum absolute atomic E-state index is 12.8. The second-order valence-corrected chi connectivity index (χ2v) is 9.57. The van der Waals surface area contributed by atoms with Crippen LogP contribution < -0.4 is 4.72 Å². The predicted octanol–water partition coefficient (Wildman–Crippen LogP) is 3.70. The predicted molar refractivity (Wildman–Crippen MR) is 99.3 cm³/mol. The molecule has 0 aliphatic carbocycles. The van der Waals surface area contributed by atoms with E-state index in [1.807, 2.05) is 18.2 Å². The standard InChI is InChI=1S/C17H14ClNO4S2/c1-24(20,21)13-9-10-15(18)17(11-13)25(22,23)19-16-8-4-6-12-5-2-3-7-14(12)16/h2-11,19H,1H3. The van der Waals surface area contributed by atoms with Crippen LogP contribution in [-0.2, 0) is 19.9 Å². The number of anilines is 1. The zero-order valence-corrected chi connectivity index (χ0v) is 15.5. The van der Waals surface area contributed by atoms with E-state index in [1.165, 1.54) is 12.1 Å². The molecule has 1 N–H and O–H groups in total. The highest BCUT2D eigenvalue weighted by molar-refractivity contribution is 7.93. The number of fused-ring (bicyclic) bond motifs is 1. The van der Waals surface area contributed by atoms with Crippen LogP contribution in [-0.4, -0.2) is 23.1 Å². The van der Waals surface area contributed by atoms with Crippen LogP contribution in [0, 0.1) is 0 Å². The molecule has 0 saturated heterocycles. The third-order valence-corrected chi connectivity index (χ3v) is 6.61. The first-order chi connectivity index (χ1) is 11.7. The highest BCUT2D eigenvalue weighted by Crippen LogP contribution is 2.29. The molecule has 5 nitrogen and oxygen atoms in total. The van der Waals surface area contributed by atoms with Gasteiger partial charge < -0.3 is 0 Å². The number of rotatable bonds is 4. The Bertz CT molecular complexity index is 1170. The number of halogens is 1. The first kappa shape index (κ1) is 17.7. The molecule has 8 heteroatoms. The van der Waals surface area contributed by atoms with Gasteiger partial charge in [0.1, 0.15) is 4.90 Å². The number of hydrogen-bond acceptors (Lipinski definition) is 4. The molecule has 3 aromatic rings. The molecule has 3 aromatic carbocycles. The van der Waals surface area contributed by atoms with Gasteiger partial charge >= 0.3 is 0 Å². The summed E-state index contributed by atoms with van der Waals surface area (Å²) in [6.45, 7) is 0. The highest BCUT2D eigenvalue weighted by atomic mass is 35.5. The van der Waals surface area contributed by atoms with Crippen molar-refractivity contribution in [3.05, 3.63) is 65.7 Å². The molecule has 0 atom stereocenters. The van der Waals surface area contributed by atoms with Crippen molar-refractivity contribution >= 4 is 47.9 Å². The monoisotopic (exact) mass is 395 g/mol. The van der Waals surface area contributed by atoms with Crippen LogP contribution in [0.5, 0.6) is 0 Å². The van der Waals surface area contributed by atoms with Gasteiger partial charge in [-0.2, -0.15) is 0 Å². The Balaban J connectivity index is 2.11. The third-order valence-electron chi connectivity index (χ3n) is 3.65. The third kappa shape index (κ3) is 3.63. The van der Waals surface area contributed by atoms with Crippen LogP contribution in [0.3, 0.4) is 0 Å². The lowest BCUT2D eigenvalue weighted by molar-refractivity contribution is 0.600. The minimum atomic E-state index is -4.06. The SMILES string of the molecule is CS(=O)(=O)c1ccc(Cl)c(S(=O)(=O)Nc2cccc3ccccc23)c1. The summed E-state index contributed by atoms with van der Waals surface area (Å²) >= 11 is 6.00. The summed E-state index contributed by atoms with van der Waals surface area (Å²) in [5, 5.41) is 1.54. The minimum Gasteiger partial charge on any atom is -0.279 e. The molecule has 0 aromatic heterocycles. The maximum atomic E-state index is 12.8. The van der Waals surface area contributed by atoms with Crippen molar-refractivity contribution in [2.75, 3.05) is 11.0 Å². The molecule has 0 radical (unpaired) electrons. The minimum absolute atomic E-state index is 0.0554. The Morgan fingerprint density at radius 1 is 0.880 bits per heavy atom. The quantitative estimate of drug-likeness (QED) is 0.730. The molecule has 0 spiro atoms. The lowest BCUT2D eigenvalue weighted by Gasteiger charge is -2.12. The van der Waals surface area contributed by atoms with Crippen LogP contribution in [0.1, 0.15) is 0 Å². The molecule has 25 heavy (non-hydrogen) atoms. The van der Waals surface area contributed by atoms with Crippen LogP contribution in [0.4, 0.5) is 5.69 Å². The van der Waals surface area contributed by atoms with Crippen molar-refractivity contribution in [3.63, 3.8) is 0 Å². The largest absolute Gasteiger partial charge is 0.279 e. The van der Waals surface area contributed by atoms with Gasteiger partial charge in [0.25, 0.3) is 10.0 Å². The smallest absolute Gasteiger partial charge is 0.263 e. The van der Waals surface area contributed by atoms with E-state index < -0.39 is 19.9 Å². The zero-order chi connectivity index (χ0) is 18.2. The topological polar surface area (TPSA) is 80.3 Å². The number of hydrogen-bond donors (Lipinski definition) is 1. The summed E-state index contributed by atoms with van der Waals surface area (Å²) in [6.07, 6.45) is 1.00.